The molecule has 1 aliphatic rings. The van der Waals surface area contributed by atoms with Crippen molar-refractivity contribution in [2.45, 2.75) is 0 Å². The lowest BCUT2D eigenvalue weighted by Gasteiger charge is -2.13. The van der Waals surface area contributed by atoms with E-state index in [0.717, 1.165) is 7.11 Å². The molecular formula is C17H12N2O7. The third kappa shape index (κ3) is 2.86. The Kier molecular flexibility index (Phi) is 4.36. The zero-order valence-electron chi connectivity index (χ0n) is 13.7. The SMILES string of the molecule is COC(=O)c1cc(OC)cc(C(=O)ON2C(=O)c3ccccc3C2=O)n1. The van der Waals surface area contributed by atoms with E-state index in [4.69, 9.17) is 9.57 Å². The zero-order chi connectivity index (χ0) is 18.8. The third-order valence-corrected chi connectivity index (χ3v) is 3.57. The number of pyridine rings is 1. The maximum absolute atomic E-state index is 12.3. The van der Waals surface area contributed by atoms with Crippen LogP contribution in [0.25, 0.3) is 0 Å². The second kappa shape index (κ2) is 6.63. The van der Waals surface area contributed by atoms with Gasteiger partial charge in [-0.1, -0.05) is 17.2 Å². The van der Waals surface area contributed by atoms with Crippen molar-refractivity contribution in [1.29, 1.82) is 0 Å². The summed E-state index contributed by atoms with van der Waals surface area (Å²) >= 11 is 0. The summed E-state index contributed by atoms with van der Waals surface area (Å²) in [6.45, 7) is 0. The van der Waals surface area contributed by atoms with Crippen molar-refractivity contribution < 1.29 is 33.5 Å². The quantitative estimate of drug-likeness (QED) is 0.594. The first-order valence-corrected chi connectivity index (χ1v) is 7.30. The molecule has 0 atom stereocenters. The van der Waals surface area contributed by atoms with E-state index in [1.165, 1.54) is 31.4 Å². The molecule has 1 aromatic carbocycles. The largest absolute Gasteiger partial charge is 0.497 e. The molecule has 132 valence electrons. The molecule has 3 rings (SSSR count). The number of hydroxylamine groups is 2. The van der Waals surface area contributed by atoms with E-state index >= 15 is 0 Å². The van der Waals surface area contributed by atoms with Gasteiger partial charge in [-0.3, -0.25) is 9.59 Å². The number of nitrogens with zero attached hydrogens (tertiary/aromatic N) is 2. The molecule has 0 N–H and O–H groups in total. The molecule has 0 unspecified atom stereocenters. The highest BCUT2D eigenvalue weighted by Gasteiger charge is 2.39. The molecule has 0 saturated carbocycles. The number of hydrogen-bond donors (Lipinski definition) is 0. The van der Waals surface area contributed by atoms with E-state index in [9.17, 15) is 19.2 Å². The minimum atomic E-state index is -1.11. The molecule has 0 bridgehead atoms. The summed E-state index contributed by atoms with van der Waals surface area (Å²) < 4.78 is 9.55. The molecule has 9 nitrogen and oxygen atoms in total. The van der Waals surface area contributed by atoms with E-state index in [0.29, 0.717) is 5.06 Å². The Morgan fingerprint density at radius 3 is 1.96 bits per heavy atom. The van der Waals surface area contributed by atoms with Crippen LogP contribution < -0.4 is 4.74 Å². The van der Waals surface area contributed by atoms with Crippen LogP contribution in [0.5, 0.6) is 5.75 Å². The van der Waals surface area contributed by atoms with Crippen molar-refractivity contribution in [2.75, 3.05) is 14.2 Å². The van der Waals surface area contributed by atoms with Crippen molar-refractivity contribution >= 4 is 23.8 Å². The van der Waals surface area contributed by atoms with Crippen LogP contribution in [0.2, 0.25) is 0 Å². The molecule has 1 aromatic heterocycles. The topological polar surface area (TPSA) is 112 Å². The van der Waals surface area contributed by atoms with Gasteiger partial charge in [0.2, 0.25) is 0 Å². The van der Waals surface area contributed by atoms with Crippen LogP contribution in [0.15, 0.2) is 36.4 Å². The van der Waals surface area contributed by atoms with Gasteiger partial charge in [0.25, 0.3) is 11.8 Å². The Morgan fingerprint density at radius 2 is 1.46 bits per heavy atom. The standard InChI is InChI=1S/C17H12N2O7/c1-24-9-7-12(16(22)25-2)18-13(8-9)17(23)26-19-14(20)10-5-3-4-6-11(10)15(19)21/h3-8H,1-2H3. The summed E-state index contributed by atoms with van der Waals surface area (Å²) in [6.07, 6.45) is 0. The fourth-order valence-electron chi connectivity index (χ4n) is 2.32. The molecule has 2 amide bonds. The Labute approximate surface area is 147 Å². The molecule has 0 saturated heterocycles. The molecular weight excluding hydrogens is 344 g/mol. The molecule has 0 radical (unpaired) electrons. The first-order valence-electron chi connectivity index (χ1n) is 7.30. The van der Waals surface area contributed by atoms with Crippen LogP contribution in [-0.4, -0.2) is 48.0 Å². The average molecular weight is 356 g/mol. The molecule has 9 heteroatoms. The fraction of sp³-hybridized carbons (Fsp3) is 0.118. The van der Waals surface area contributed by atoms with Gasteiger partial charge in [0.1, 0.15) is 5.75 Å². The Bertz CT molecular complexity index is 903. The number of aromatic nitrogens is 1. The van der Waals surface area contributed by atoms with Crippen molar-refractivity contribution in [1.82, 2.24) is 10.0 Å². The Balaban J connectivity index is 1.88. The summed E-state index contributed by atoms with van der Waals surface area (Å²) in [5.41, 5.74) is -0.277. The van der Waals surface area contributed by atoms with Gasteiger partial charge in [-0.25, -0.2) is 14.6 Å². The predicted octanol–water partition coefficient (Wildman–Crippen LogP) is 1.24. The van der Waals surface area contributed by atoms with Gasteiger partial charge in [-0.15, -0.1) is 0 Å². The molecule has 0 fully saturated rings. The molecule has 0 aliphatic carbocycles. The lowest BCUT2D eigenvalue weighted by molar-refractivity contribution is -0.0588. The molecule has 0 spiro atoms. The Hall–Kier alpha value is -3.75. The van der Waals surface area contributed by atoms with E-state index in [1.54, 1.807) is 12.1 Å². The van der Waals surface area contributed by atoms with E-state index in [-0.39, 0.29) is 28.3 Å². The average Bonchev–Trinajstić information content (AvgIpc) is 2.92. The number of benzene rings is 1. The summed E-state index contributed by atoms with van der Waals surface area (Å²) in [7, 11) is 2.48. The lowest BCUT2D eigenvalue weighted by atomic mass is 10.1. The monoisotopic (exact) mass is 356 g/mol. The number of esters is 1. The van der Waals surface area contributed by atoms with Crippen LogP contribution in [0, 0.1) is 0 Å². The van der Waals surface area contributed by atoms with Crippen LogP contribution in [0.1, 0.15) is 41.7 Å². The number of imide groups is 1. The number of carbonyl (C=O) groups excluding carboxylic acids is 4. The first kappa shape index (κ1) is 17.1. The number of rotatable bonds is 4. The zero-order valence-corrected chi connectivity index (χ0v) is 13.7. The summed E-state index contributed by atoms with van der Waals surface area (Å²) in [6, 6.07) is 8.53. The number of methoxy groups -OCH3 is 2. The van der Waals surface area contributed by atoms with Crippen LogP contribution in [0.3, 0.4) is 0 Å². The van der Waals surface area contributed by atoms with Crippen molar-refractivity contribution in [3.05, 3.63) is 58.9 Å². The van der Waals surface area contributed by atoms with Crippen LogP contribution in [0.4, 0.5) is 0 Å². The highest BCUT2D eigenvalue weighted by Crippen LogP contribution is 2.24. The van der Waals surface area contributed by atoms with Crippen molar-refractivity contribution in [3.8, 4) is 5.75 Å². The molecule has 2 aromatic rings. The normalized spacial score (nSPS) is 12.6. The molecule has 2 heterocycles. The summed E-state index contributed by atoms with van der Waals surface area (Å²) in [4.78, 5) is 57.1. The van der Waals surface area contributed by atoms with E-state index < -0.39 is 23.8 Å². The van der Waals surface area contributed by atoms with Crippen molar-refractivity contribution in [2.24, 2.45) is 0 Å². The highest BCUT2D eigenvalue weighted by molar-refractivity contribution is 6.21. The Morgan fingerprint density at radius 1 is 0.923 bits per heavy atom. The third-order valence-electron chi connectivity index (χ3n) is 3.57. The van der Waals surface area contributed by atoms with Crippen molar-refractivity contribution in [3.63, 3.8) is 0 Å². The second-order valence-corrected chi connectivity index (χ2v) is 5.10. The minimum absolute atomic E-state index is 0.124. The van der Waals surface area contributed by atoms with Gasteiger partial charge < -0.3 is 14.3 Å². The molecule has 1 aliphatic heterocycles. The predicted molar refractivity (Wildman–Crippen MR) is 84.5 cm³/mol. The van der Waals surface area contributed by atoms with Crippen LogP contribution in [-0.2, 0) is 9.57 Å². The smallest absolute Gasteiger partial charge is 0.382 e. The van der Waals surface area contributed by atoms with E-state index in [1.807, 2.05) is 0 Å². The van der Waals surface area contributed by atoms with Gasteiger partial charge in [-0.2, -0.15) is 0 Å². The number of hydrogen-bond acceptors (Lipinski definition) is 8. The van der Waals surface area contributed by atoms with Crippen LogP contribution >= 0.6 is 0 Å². The van der Waals surface area contributed by atoms with E-state index in [2.05, 4.69) is 9.72 Å². The second-order valence-electron chi connectivity index (χ2n) is 5.10. The summed E-state index contributed by atoms with van der Waals surface area (Å²) in [5, 5.41) is 0.353. The maximum atomic E-state index is 12.3. The van der Waals surface area contributed by atoms with Gasteiger partial charge in [0.05, 0.1) is 25.3 Å². The highest BCUT2D eigenvalue weighted by atomic mass is 16.7. The minimum Gasteiger partial charge on any atom is -0.497 e. The maximum Gasteiger partial charge on any atom is 0.382 e. The fourth-order valence-corrected chi connectivity index (χ4v) is 2.32. The number of fused-ring (bicyclic) bond motifs is 1. The number of amides is 2. The molecule has 26 heavy (non-hydrogen) atoms. The first-order chi connectivity index (χ1) is 12.5. The number of ether oxygens (including phenoxy) is 2. The number of carbonyl (C=O) groups is 4. The van der Waals surface area contributed by atoms with Gasteiger partial charge >= 0.3 is 11.9 Å². The van der Waals surface area contributed by atoms with Gasteiger partial charge in [0.15, 0.2) is 11.4 Å². The van der Waals surface area contributed by atoms with Gasteiger partial charge in [-0.05, 0) is 12.1 Å². The lowest BCUT2D eigenvalue weighted by Crippen LogP contribution is -2.33. The van der Waals surface area contributed by atoms with Gasteiger partial charge in [0, 0.05) is 12.1 Å². The summed E-state index contributed by atoms with van der Waals surface area (Å²) in [5.74, 6) is -3.29.